The number of aliphatic hydroxyl groups excluding tert-OH is 2. The first-order valence-corrected chi connectivity index (χ1v) is 11.5. The first kappa shape index (κ1) is 28.1. The highest BCUT2D eigenvalue weighted by molar-refractivity contribution is 5.13. The van der Waals surface area contributed by atoms with Crippen molar-refractivity contribution in [2.75, 3.05) is 32.8 Å². The average molecular weight is 426 g/mol. The minimum atomic E-state index is 0. The smallest absolute Gasteiger partial charge is 0.104 e. The van der Waals surface area contributed by atoms with Gasteiger partial charge in [-0.15, -0.1) is 6.58 Å². The van der Waals surface area contributed by atoms with E-state index in [4.69, 9.17) is 0 Å². The molecule has 1 rings (SSSR count). The molecule has 0 aliphatic heterocycles. The lowest BCUT2D eigenvalue weighted by Crippen LogP contribution is -3.00. The lowest BCUT2D eigenvalue weighted by atomic mass is 10.1. The van der Waals surface area contributed by atoms with Crippen molar-refractivity contribution in [3.05, 3.63) is 48.6 Å². The Morgan fingerprint density at radius 3 is 1.66 bits per heavy atom. The van der Waals surface area contributed by atoms with Gasteiger partial charge in [-0.25, -0.2) is 0 Å². The molecule has 0 atom stereocenters. The van der Waals surface area contributed by atoms with Crippen LogP contribution in [0.5, 0.6) is 0 Å². The largest absolute Gasteiger partial charge is 1.00 e. The highest BCUT2D eigenvalue weighted by Gasteiger charge is 2.26. The van der Waals surface area contributed by atoms with Crippen LogP contribution in [0.4, 0.5) is 0 Å². The normalized spacial score (nSPS) is 11.2. The van der Waals surface area contributed by atoms with Gasteiger partial charge in [-0.2, -0.15) is 0 Å². The average Bonchev–Trinajstić information content (AvgIpc) is 2.70. The first-order valence-electron chi connectivity index (χ1n) is 11.5. The standard InChI is InChI=1S/C25H44NO2.ClH/c1-2-3-4-5-6-7-8-9-10-11-12-16-19-26(20-22-27,21-23-28)24-25-17-14-13-15-18-25;/h2,13-15,17-18,27-28H,1,3-12,16,19-24H2;1H/q+1;/p-1. The fraction of sp³-hybridized carbons (Fsp3) is 0.680. The number of quaternary nitrogens is 1. The number of unbranched alkanes of at least 4 members (excludes halogenated alkanes) is 10. The van der Waals surface area contributed by atoms with Gasteiger partial charge in [-0.05, 0) is 25.7 Å². The predicted octanol–water partition coefficient (Wildman–Crippen LogP) is 2.47. The summed E-state index contributed by atoms with van der Waals surface area (Å²) < 4.78 is 0.793. The summed E-state index contributed by atoms with van der Waals surface area (Å²) in [7, 11) is 0. The maximum absolute atomic E-state index is 9.60. The van der Waals surface area contributed by atoms with Gasteiger partial charge in [0.05, 0.1) is 19.8 Å². The zero-order valence-electron chi connectivity index (χ0n) is 18.4. The Hall–Kier alpha value is -0.870. The molecule has 2 N–H and O–H groups in total. The van der Waals surface area contributed by atoms with Gasteiger partial charge in [-0.3, -0.25) is 0 Å². The fourth-order valence-electron chi connectivity index (χ4n) is 4.12. The van der Waals surface area contributed by atoms with E-state index >= 15 is 0 Å². The van der Waals surface area contributed by atoms with E-state index in [1.54, 1.807) is 0 Å². The van der Waals surface area contributed by atoms with Gasteiger partial charge in [0.25, 0.3) is 0 Å². The van der Waals surface area contributed by atoms with E-state index in [-0.39, 0.29) is 25.6 Å². The molecule has 168 valence electrons. The van der Waals surface area contributed by atoms with E-state index in [1.165, 1.54) is 69.8 Å². The molecule has 0 unspecified atom stereocenters. The molecule has 0 aliphatic carbocycles. The van der Waals surface area contributed by atoms with Crippen LogP contribution in [-0.4, -0.2) is 47.5 Å². The first-order chi connectivity index (χ1) is 13.8. The van der Waals surface area contributed by atoms with Crippen molar-refractivity contribution in [3.8, 4) is 0 Å². The number of halogens is 1. The molecule has 3 nitrogen and oxygen atoms in total. The van der Waals surface area contributed by atoms with Crippen LogP contribution in [0.25, 0.3) is 0 Å². The zero-order valence-corrected chi connectivity index (χ0v) is 19.2. The van der Waals surface area contributed by atoms with Crippen molar-refractivity contribution in [3.63, 3.8) is 0 Å². The SMILES string of the molecule is C=CCCCCCCCCCCCC[N+](CCO)(CCO)Cc1ccccc1.[Cl-]. The second-order valence-corrected chi connectivity index (χ2v) is 8.22. The van der Waals surface area contributed by atoms with Crippen LogP contribution < -0.4 is 12.4 Å². The van der Waals surface area contributed by atoms with Crippen LogP contribution in [0.1, 0.15) is 76.2 Å². The third-order valence-electron chi connectivity index (χ3n) is 5.80. The minimum absolute atomic E-state index is 0. The summed E-state index contributed by atoms with van der Waals surface area (Å²) in [5.74, 6) is 0. The van der Waals surface area contributed by atoms with Crippen molar-refractivity contribution in [2.45, 2.75) is 77.2 Å². The van der Waals surface area contributed by atoms with Crippen molar-refractivity contribution < 1.29 is 27.1 Å². The van der Waals surface area contributed by atoms with Crippen LogP contribution in [0, 0.1) is 0 Å². The Balaban J connectivity index is 0.00000784. The number of aliphatic hydroxyl groups is 2. The van der Waals surface area contributed by atoms with Gasteiger partial charge in [0.15, 0.2) is 0 Å². The van der Waals surface area contributed by atoms with E-state index in [1.807, 2.05) is 12.1 Å². The van der Waals surface area contributed by atoms with Crippen molar-refractivity contribution in [1.29, 1.82) is 0 Å². The Morgan fingerprint density at radius 1 is 0.690 bits per heavy atom. The number of hydrogen-bond acceptors (Lipinski definition) is 2. The molecule has 0 saturated heterocycles. The Labute approximate surface area is 185 Å². The van der Waals surface area contributed by atoms with E-state index in [0.717, 1.165) is 37.1 Å². The summed E-state index contributed by atoms with van der Waals surface area (Å²) in [4.78, 5) is 0. The Bertz CT molecular complexity index is 475. The summed E-state index contributed by atoms with van der Waals surface area (Å²) >= 11 is 0. The maximum Gasteiger partial charge on any atom is 0.104 e. The van der Waals surface area contributed by atoms with E-state index in [9.17, 15) is 10.2 Å². The predicted molar refractivity (Wildman–Crippen MR) is 120 cm³/mol. The van der Waals surface area contributed by atoms with E-state index in [0.29, 0.717) is 0 Å². The summed E-state index contributed by atoms with van der Waals surface area (Å²) in [5.41, 5.74) is 1.29. The molecule has 0 aliphatic rings. The van der Waals surface area contributed by atoms with Gasteiger partial charge >= 0.3 is 0 Å². The zero-order chi connectivity index (χ0) is 20.3. The van der Waals surface area contributed by atoms with Crippen LogP contribution in [0.15, 0.2) is 43.0 Å². The summed E-state index contributed by atoms with van der Waals surface area (Å²) in [6.07, 6.45) is 16.4. The van der Waals surface area contributed by atoms with Crippen LogP contribution >= 0.6 is 0 Å². The minimum Gasteiger partial charge on any atom is -1.00 e. The number of allylic oxidation sites excluding steroid dienone is 1. The van der Waals surface area contributed by atoms with Gasteiger partial charge in [0, 0.05) is 5.56 Å². The number of hydrogen-bond donors (Lipinski definition) is 2. The van der Waals surface area contributed by atoms with Crippen molar-refractivity contribution in [1.82, 2.24) is 0 Å². The third kappa shape index (κ3) is 13.9. The molecule has 1 aromatic rings. The topological polar surface area (TPSA) is 40.5 Å². The van der Waals surface area contributed by atoms with Crippen molar-refractivity contribution in [2.24, 2.45) is 0 Å². The molecule has 0 spiro atoms. The summed E-state index contributed by atoms with van der Waals surface area (Å²) in [6.45, 7) is 7.52. The molecule has 1 aromatic carbocycles. The van der Waals surface area contributed by atoms with Gasteiger partial charge in [-0.1, -0.05) is 81.4 Å². The van der Waals surface area contributed by atoms with Gasteiger partial charge in [0.2, 0.25) is 0 Å². The summed E-state index contributed by atoms with van der Waals surface area (Å²) in [5, 5.41) is 19.2. The molecular formula is C25H44ClNO2. The van der Waals surface area contributed by atoms with Crippen LogP contribution in [0.3, 0.4) is 0 Å². The Morgan fingerprint density at radius 2 is 1.17 bits per heavy atom. The number of rotatable bonds is 19. The van der Waals surface area contributed by atoms with Crippen LogP contribution in [0.2, 0.25) is 0 Å². The molecule has 0 saturated carbocycles. The molecule has 0 amide bonds. The third-order valence-corrected chi connectivity index (χ3v) is 5.80. The quantitative estimate of drug-likeness (QED) is 0.203. The lowest BCUT2D eigenvalue weighted by molar-refractivity contribution is -0.941. The molecule has 0 radical (unpaired) electrons. The van der Waals surface area contributed by atoms with Gasteiger partial charge in [0.1, 0.15) is 19.6 Å². The van der Waals surface area contributed by atoms with Crippen LogP contribution in [-0.2, 0) is 6.54 Å². The van der Waals surface area contributed by atoms with E-state index < -0.39 is 0 Å². The molecule has 0 heterocycles. The Kier molecular flexibility index (Phi) is 18.5. The maximum atomic E-state index is 9.60. The lowest BCUT2D eigenvalue weighted by Gasteiger charge is -2.38. The molecule has 0 fully saturated rings. The molecule has 0 bridgehead atoms. The number of benzene rings is 1. The monoisotopic (exact) mass is 425 g/mol. The molecule has 29 heavy (non-hydrogen) atoms. The fourth-order valence-corrected chi connectivity index (χ4v) is 4.12. The highest BCUT2D eigenvalue weighted by Crippen LogP contribution is 2.18. The van der Waals surface area contributed by atoms with Crippen molar-refractivity contribution >= 4 is 0 Å². The molecular weight excluding hydrogens is 382 g/mol. The van der Waals surface area contributed by atoms with E-state index in [2.05, 4.69) is 30.8 Å². The second kappa shape index (κ2) is 19.1. The molecule has 0 aromatic heterocycles. The van der Waals surface area contributed by atoms with Gasteiger partial charge < -0.3 is 27.1 Å². The highest BCUT2D eigenvalue weighted by atomic mass is 35.5. The molecule has 4 heteroatoms. The second-order valence-electron chi connectivity index (χ2n) is 8.22. The number of nitrogens with zero attached hydrogens (tertiary/aromatic N) is 1. The summed E-state index contributed by atoms with van der Waals surface area (Å²) in [6, 6.07) is 10.5.